The fourth-order valence-electron chi connectivity index (χ4n) is 1.75. The number of pyridine rings is 1. The number of rotatable bonds is 7. The molecule has 1 heterocycles. The van der Waals surface area contributed by atoms with Gasteiger partial charge in [0.2, 0.25) is 11.8 Å². The maximum Gasteiger partial charge on any atom is 0.240 e. The topological polar surface area (TPSA) is 66.6 Å². The van der Waals surface area contributed by atoms with Gasteiger partial charge in [0.25, 0.3) is 0 Å². The number of nitrogens with two attached hydrogens (primary N) is 1. The Morgan fingerprint density at radius 1 is 1.14 bits per heavy atom. The summed E-state index contributed by atoms with van der Waals surface area (Å²) in [7, 11) is 1.64. The summed E-state index contributed by atoms with van der Waals surface area (Å²) < 4.78 is 16.3. The third-order valence-corrected chi connectivity index (χ3v) is 2.83. The summed E-state index contributed by atoms with van der Waals surface area (Å²) in [6.45, 7) is 3.01. The van der Waals surface area contributed by atoms with Crippen LogP contribution in [0.1, 0.15) is 18.9 Å². The molecule has 0 fully saturated rings. The average molecular weight is 288 g/mol. The number of methoxy groups -OCH3 is 1. The smallest absolute Gasteiger partial charge is 0.240 e. The molecule has 5 nitrogen and oxygen atoms in total. The second kappa shape index (κ2) is 7.38. The molecule has 0 atom stereocenters. The minimum absolute atomic E-state index is 0.404. The lowest BCUT2D eigenvalue weighted by Crippen LogP contribution is -2.03. The first-order valence-corrected chi connectivity index (χ1v) is 6.88. The number of nitrogen functional groups attached to an aromatic ring is 1. The SMILES string of the molecule is CCCOc1nc(OCc2cccc(OC)c2)ccc1N. The van der Waals surface area contributed by atoms with E-state index in [1.165, 1.54) is 0 Å². The standard InChI is InChI=1S/C16H20N2O3/c1-3-9-20-16-14(17)7-8-15(18-16)21-11-12-5-4-6-13(10-12)19-2/h4-8,10H,3,9,11,17H2,1-2H3. The van der Waals surface area contributed by atoms with Crippen molar-refractivity contribution in [2.24, 2.45) is 0 Å². The van der Waals surface area contributed by atoms with Gasteiger partial charge in [0.15, 0.2) is 0 Å². The molecule has 0 aliphatic carbocycles. The number of hydrogen-bond acceptors (Lipinski definition) is 5. The zero-order valence-corrected chi connectivity index (χ0v) is 12.3. The molecule has 0 radical (unpaired) electrons. The van der Waals surface area contributed by atoms with Crippen LogP contribution in [0.15, 0.2) is 36.4 Å². The zero-order valence-electron chi connectivity index (χ0n) is 12.3. The van der Waals surface area contributed by atoms with Crippen molar-refractivity contribution in [3.63, 3.8) is 0 Å². The number of anilines is 1. The first-order chi connectivity index (χ1) is 10.2. The summed E-state index contributed by atoms with van der Waals surface area (Å²) in [5, 5.41) is 0. The molecule has 0 aliphatic heterocycles. The normalized spacial score (nSPS) is 10.2. The maximum absolute atomic E-state index is 5.82. The molecule has 0 saturated carbocycles. The van der Waals surface area contributed by atoms with Gasteiger partial charge in [-0.15, -0.1) is 0 Å². The van der Waals surface area contributed by atoms with Gasteiger partial charge in [0.1, 0.15) is 12.4 Å². The van der Waals surface area contributed by atoms with Crippen molar-refractivity contribution in [3.05, 3.63) is 42.0 Å². The Kier molecular flexibility index (Phi) is 5.26. The lowest BCUT2D eigenvalue weighted by molar-refractivity contribution is 0.273. The highest BCUT2D eigenvalue weighted by molar-refractivity contribution is 5.49. The number of benzene rings is 1. The molecule has 0 saturated heterocycles. The van der Waals surface area contributed by atoms with E-state index in [9.17, 15) is 0 Å². The first-order valence-electron chi connectivity index (χ1n) is 6.88. The highest BCUT2D eigenvalue weighted by atomic mass is 16.5. The molecule has 0 spiro atoms. The Morgan fingerprint density at radius 2 is 2.00 bits per heavy atom. The summed E-state index contributed by atoms with van der Waals surface area (Å²) in [5.41, 5.74) is 7.33. The van der Waals surface area contributed by atoms with Crippen LogP contribution >= 0.6 is 0 Å². The molecular weight excluding hydrogens is 268 g/mol. The van der Waals surface area contributed by atoms with Crippen LogP contribution in [-0.4, -0.2) is 18.7 Å². The molecule has 0 amide bonds. The second-order valence-corrected chi connectivity index (χ2v) is 4.53. The van der Waals surface area contributed by atoms with E-state index < -0.39 is 0 Å². The summed E-state index contributed by atoms with van der Waals surface area (Å²) >= 11 is 0. The Hall–Kier alpha value is -2.43. The molecule has 0 unspecified atom stereocenters. The van der Waals surface area contributed by atoms with Crippen molar-refractivity contribution in [2.75, 3.05) is 19.5 Å². The van der Waals surface area contributed by atoms with Crippen molar-refractivity contribution in [1.29, 1.82) is 0 Å². The second-order valence-electron chi connectivity index (χ2n) is 4.53. The summed E-state index contributed by atoms with van der Waals surface area (Å²) in [6, 6.07) is 11.2. The van der Waals surface area contributed by atoms with Crippen LogP contribution in [0.2, 0.25) is 0 Å². The molecule has 0 bridgehead atoms. The highest BCUT2D eigenvalue weighted by Gasteiger charge is 2.05. The Morgan fingerprint density at radius 3 is 2.76 bits per heavy atom. The van der Waals surface area contributed by atoms with Crippen molar-refractivity contribution >= 4 is 5.69 Å². The van der Waals surface area contributed by atoms with Crippen LogP contribution in [0.25, 0.3) is 0 Å². The van der Waals surface area contributed by atoms with E-state index in [2.05, 4.69) is 4.98 Å². The van der Waals surface area contributed by atoms with E-state index in [0.29, 0.717) is 30.7 Å². The summed E-state index contributed by atoms with van der Waals surface area (Å²) in [6.07, 6.45) is 0.899. The maximum atomic E-state index is 5.82. The largest absolute Gasteiger partial charge is 0.497 e. The third-order valence-electron chi connectivity index (χ3n) is 2.83. The first kappa shape index (κ1) is 15.0. The van der Waals surface area contributed by atoms with Gasteiger partial charge >= 0.3 is 0 Å². The fourth-order valence-corrected chi connectivity index (χ4v) is 1.75. The molecule has 1 aromatic heterocycles. The van der Waals surface area contributed by atoms with E-state index in [1.807, 2.05) is 31.2 Å². The molecule has 2 aromatic rings. The molecule has 112 valence electrons. The van der Waals surface area contributed by atoms with Crippen LogP contribution in [0.4, 0.5) is 5.69 Å². The predicted octanol–water partition coefficient (Wildman–Crippen LogP) is 3.04. The van der Waals surface area contributed by atoms with Crippen molar-refractivity contribution in [1.82, 2.24) is 4.98 Å². The molecule has 5 heteroatoms. The van der Waals surface area contributed by atoms with Gasteiger partial charge in [-0.1, -0.05) is 19.1 Å². The van der Waals surface area contributed by atoms with Crippen molar-refractivity contribution in [3.8, 4) is 17.5 Å². The molecule has 21 heavy (non-hydrogen) atoms. The zero-order chi connectivity index (χ0) is 15.1. The van der Waals surface area contributed by atoms with Crippen molar-refractivity contribution < 1.29 is 14.2 Å². The third kappa shape index (κ3) is 4.27. The van der Waals surface area contributed by atoms with E-state index in [-0.39, 0.29) is 0 Å². The molecule has 1 aromatic carbocycles. The van der Waals surface area contributed by atoms with Gasteiger partial charge in [0.05, 0.1) is 19.4 Å². The van der Waals surface area contributed by atoms with Crippen LogP contribution < -0.4 is 19.9 Å². The molecule has 2 rings (SSSR count). The van der Waals surface area contributed by atoms with Crippen LogP contribution in [0.3, 0.4) is 0 Å². The Labute approximate surface area is 124 Å². The predicted molar refractivity (Wildman–Crippen MR) is 81.8 cm³/mol. The number of nitrogens with zero attached hydrogens (tertiary/aromatic N) is 1. The highest BCUT2D eigenvalue weighted by Crippen LogP contribution is 2.23. The quantitative estimate of drug-likeness (QED) is 0.848. The van der Waals surface area contributed by atoms with E-state index in [1.54, 1.807) is 19.2 Å². The lowest BCUT2D eigenvalue weighted by Gasteiger charge is -2.10. The molecule has 2 N–H and O–H groups in total. The van der Waals surface area contributed by atoms with E-state index in [4.69, 9.17) is 19.9 Å². The monoisotopic (exact) mass is 288 g/mol. The lowest BCUT2D eigenvalue weighted by atomic mass is 10.2. The number of hydrogen-bond donors (Lipinski definition) is 1. The van der Waals surface area contributed by atoms with E-state index >= 15 is 0 Å². The molecule has 0 aliphatic rings. The fraction of sp³-hybridized carbons (Fsp3) is 0.312. The number of ether oxygens (including phenoxy) is 3. The van der Waals surface area contributed by atoms with Gasteiger partial charge in [-0.25, -0.2) is 0 Å². The van der Waals surface area contributed by atoms with Gasteiger partial charge in [-0.3, -0.25) is 0 Å². The minimum Gasteiger partial charge on any atom is -0.497 e. The Bertz CT molecular complexity index is 587. The summed E-state index contributed by atoms with van der Waals surface area (Å²) in [5.74, 6) is 1.70. The Balaban J connectivity index is 2.02. The van der Waals surface area contributed by atoms with Crippen LogP contribution in [-0.2, 0) is 6.61 Å². The van der Waals surface area contributed by atoms with Gasteiger partial charge in [-0.2, -0.15) is 4.98 Å². The van der Waals surface area contributed by atoms with Gasteiger partial charge in [0, 0.05) is 6.07 Å². The van der Waals surface area contributed by atoms with Crippen molar-refractivity contribution in [2.45, 2.75) is 20.0 Å². The van der Waals surface area contributed by atoms with Crippen LogP contribution in [0, 0.1) is 0 Å². The van der Waals surface area contributed by atoms with E-state index in [0.717, 1.165) is 17.7 Å². The summed E-state index contributed by atoms with van der Waals surface area (Å²) in [4.78, 5) is 4.27. The molecular formula is C16H20N2O3. The number of aromatic nitrogens is 1. The average Bonchev–Trinajstić information content (AvgIpc) is 2.53. The minimum atomic E-state index is 0.404. The van der Waals surface area contributed by atoms with Crippen LogP contribution in [0.5, 0.6) is 17.5 Å². The van der Waals surface area contributed by atoms with Gasteiger partial charge in [-0.05, 0) is 30.2 Å². The van der Waals surface area contributed by atoms with Gasteiger partial charge < -0.3 is 19.9 Å².